The van der Waals surface area contributed by atoms with Crippen molar-refractivity contribution >= 4 is 5.82 Å². The molecule has 0 saturated carbocycles. The summed E-state index contributed by atoms with van der Waals surface area (Å²) in [5, 5.41) is 0. The third-order valence-electron chi connectivity index (χ3n) is 3.19. The van der Waals surface area contributed by atoms with Crippen LogP contribution in [0.4, 0.5) is 5.82 Å². The number of rotatable bonds is 1. The molecule has 0 fully saturated rings. The van der Waals surface area contributed by atoms with E-state index in [1.807, 2.05) is 19.1 Å². The highest BCUT2D eigenvalue weighted by molar-refractivity contribution is 5.58. The molecule has 0 saturated heterocycles. The first-order valence-electron chi connectivity index (χ1n) is 5.83. The predicted octanol–water partition coefficient (Wildman–Crippen LogP) is 1.92. The maximum atomic E-state index is 5.98. The van der Waals surface area contributed by atoms with Gasteiger partial charge in [-0.05, 0) is 37.8 Å². The molecule has 0 aromatic carbocycles. The summed E-state index contributed by atoms with van der Waals surface area (Å²) in [7, 11) is 0. The highest BCUT2D eigenvalue weighted by atomic mass is 15.0. The van der Waals surface area contributed by atoms with E-state index in [0.717, 1.165) is 41.8 Å². The van der Waals surface area contributed by atoms with Crippen LogP contribution >= 0.6 is 0 Å². The van der Waals surface area contributed by atoms with Crippen LogP contribution in [0.1, 0.15) is 23.2 Å². The molecule has 1 aliphatic rings. The summed E-state index contributed by atoms with van der Waals surface area (Å²) in [5.41, 5.74) is 10.1. The number of aryl methyl sites for hydroxylation is 2. The summed E-state index contributed by atoms with van der Waals surface area (Å²) in [4.78, 5) is 13.3. The number of anilines is 1. The van der Waals surface area contributed by atoms with Crippen LogP contribution in [0.3, 0.4) is 0 Å². The lowest BCUT2D eigenvalue weighted by Crippen LogP contribution is -2.04. The first kappa shape index (κ1) is 10.2. The van der Waals surface area contributed by atoms with E-state index in [2.05, 4.69) is 15.0 Å². The number of nitrogens with zero attached hydrogens (tertiary/aromatic N) is 3. The number of pyridine rings is 1. The van der Waals surface area contributed by atoms with Crippen molar-refractivity contribution in [2.24, 2.45) is 0 Å². The fourth-order valence-electron chi connectivity index (χ4n) is 2.29. The van der Waals surface area contributed by atoms with Gasteiger partial charge in [-0.2, -0.15) is 0 Å². The average Bonchev–Trinajstić information content (AvgIpc) is 2.78. The lowest BCUT2D eigenvalue weighted by Gasteiger charge is -2.07. The molecule has 0 spiro atoms. The number of nitrogen functional groups attached to an aromatic ring is 1. The third-order valence-corrected chi connectivity index (χ3v) is 3.19. The fourth-order valence-corrected chi connectivity index (χ4v) is 2.29. The minimum absolute atomic E-state index is 0.618. The summed E-state index contributed by atoms with van der Waals surface area (Å²) in [6, 6.07) is 3.92. The lowest BCUT2D eigenvalue weighted by molar-refractivity contribution is 0.899. The van der Waals surface area contributed by atoms with Crippen molar-refractivity contribution in [1.82, 2.24) is 15.0 Å². The molecule has 0 aliphatic heterocycles. The van der Waals surface area contributed by atoms with Crippen LogP contribution in [0.15, 0.2) is 18.3 Å². The summed E-state index contributed by atoms with van der Waals surface area (Å²) >= 11 is 0. The van der Waals surface area contributed by atoms with E-state index < -0.39 is 0 Å². The Balaban J connectivity index is 2.17. The van der Waals surface area contributed by atoms with Crippen molar-refractivity contribution < 1.29 is 0 Å². The zero-order chi connectivity index (χ0) is 11.8. The standard InChI is InChI=1S/C13H14N4/c1-8-4-3-7-15-11(8)13-16-10-6-2-5-9(10)12(14)17-13/h3-4,7H,2,5-6H2,1H3,(H2,14,16,17). The molecule has 1 aliphatic carbocycles. The molecule has 0 atom stereocenters. The summed E-state index contributed by atoms with van der Waals surface area (Å²) < 4.78 is 0. The second-order valence-electron chi connectivity index (χ2n) is 4.38. The van der Waals surface area contributed by atoms with Crippen LogP contribution < -0.4 is 5.73 Å². The Bertz CT molecular complexity index is 578. The second-order valence-corrected chi connectivity index (χ2v) is 4.38. The smallest absolute Gasteiger partial charge is 0.180 e. The maximum Gasteiger partial charge on any atom is 0.180 e. The zero-order valence-corrected chi connectivity index (χ0v) is 9.77. The van der Waals surface area contributed by atoms with Gasteiger partial charge in [0.1, 0.15) is 11.5 Å². The topological polar surface area (TPSA) is 64.7 Å². The molecule has 0 bridgehead atoms. The van der Waals surface area contributed by atoms with Crippen LogP contribution in [-0.2, 0) is 12.8 Å². The molecule has 4 heteroatoms. The van der Waals surface area contributed by atoms with E-state index in [1.165, 1.54) is 0 Å². The molecule has 2 N–H and O–H groups in total. The van der Waals surface area contributed by atoms with Crippen LogP contribution in [0.2, 0.25) is 0 Å². The quantitative estimate of drug-likeness (QED) is 0.806. The van der Waals surface area contributed by atoms with E-state index in [0.29, 0.717) is 11.6 Å². The summed E-state index contributed by atoms with van der Waals surface area (Å²) in [6.45, 7) is 2.01. The van der Waals surface area contributed by atoms with Crippen molar-refractivity contribution in [3.05, 3.63) is 35.2 Å². The molecule has 86 valence electrons. The molecular formula is C13H14N4. The largest absolute Gasteiger partial charge is 0.383 e. The SMILES string of the molecule is Cc1cccnc1-c1nc(N)c2c(n1)CCC2. The van der Waals surface area contributed by atoms with Gasteiger partial charge in [-0.25, -0.2) is 9.97 Å². The molecule has 2 heterocycles. The fraction of sp³-hybridized carbons (Fsp3) is 0.308. The predicted molar refractivity (Wildman–Crippen MR) is 66.4 cm³/mol. The van der Waals surface area contributed by atoms with Gasteiger partial charge in [-0.1, -0.05) is 6.07 Å². The average molecular weight is 226 g/mol. The van der Waals surface area contributed by atoms with Gasteiger partial charge in [-0.15, -0.1) is 0 Å². The molecule has 2 aromatic rings. The minimum Gasteiger partial charge on any atom is -0.383 e. The number of hydrogen-bond donors (Lipinski definition) is 1. The highest BCUT2D eigenvalue weighted by Gasteiger charge is 2.19. The van der Waals surface area contributed by atoms with Gasteiger partial charge >= 0.3 is 0 Å². The van der Waals surface area contributed by atoms with Gasteiger partial charge in [0.05, 0.1) is 0 Å². The van der Waals surface area contributed by atoms with Gasteiger partial charge in [-0.3, -0.25) is 4.98 Å². The Kier molecular flexibility index (Phi) is 2.28. The van der Waals surface area contributed by atoms with Crippen LogP contribution in [-0.4, -0.2) is 15.0 Å². The Labute approximate surface area is 99.9 Å². The van der Waals surface area contributed by atoms with Gasteiger partial charge in [0.25, 0.3) is 0 Å². The Morgan fingerprint density at radius 2 is 2.12 bits per heavy atom. The Morgan fingerprint density at radius 1 is 1.24 bits per heavy atom. The Hall–Kier alpha value is -1.97. The van der Waals surface area contributed by atoms with E-state index in [4.69, 9.17) is 5.73 Å². The number of aromatic nitrogens is 3. The van der Waals surface area contributed by atoms with Crippen LogP contribution in [0, 0.1) is 6.92 Å². The monoisotopic (exact) mass is 226 g/mol. The van der Waals surface area contributed by atoms with E-state index in [-0.39, 0.29) is 0 Å². The normalized spacial score (nSPS) is 13.7. The molecule has 0 radical (unpaired) electrons. The van der Waals surface area contributed by atoms with E-state index in [1.54, 1.807) is 6.20 Å². The first-order valence-corrected chi connectivity index (χ1v) is 5.83. The highest BCUT2D eigenvalue weighted by Crippen LogP contribution is 2.27. The number of hydrogen-bond acceptors (Lipinski definition) is 4. The molecule has 4 nitrogen and oxygen atoms in total. The Morgan fingerprint density at radius 3 is 2.94 bits per heavy atom. The molecular weight excluding hydrogens is 212 g/mol. The van der Waals surface area contributed by atoms with Crippen molar-refractivity contribution in [2.45, 2.75) is 26.2 Å². The first-order chi connectivity index (χ1) is 8.25. The minimum atomic E-state index is 0.618. The third kappa shape index (κ3) is 1.65. The van der Waals surface area contributed by atoms with Crippen molar-refractivity contribution in [1.29, 1.82) is 0 Å². The van der Waals surface area contributed by atoms with E-state index >= 15 is 0 Å². The lowest BCUT2D eigenvalue weighted by atomic mass is 10.2. The molecule has 17 heavy (non-hydrogen) atoms. The van der Waals surface area contributed by atoms with E-state index in [9.17, 15) is 0 Å². The van der Waals surface area contributed by atoms with Crippen molar-refractivity contribution in [2.75, 3.05) is 5.73 Å². The van der Waals surface area contributed by atoms with Crippen molar-refractivity contribution in [3.8, 4) is 11.5 Å². The van der Waals surface area contributed by atoms with Crippen molar-refractivity contribution in [3.63, 3.8) is 0 Å². The van der Waals surface area contributed by atoms with Gasteiger partial charge < -0.3 is 5.73 Å². The van der Waals surface area contributed by atoms with Crippen LogP contribution in [0.25, 0.3) is 11.5 Å². The summed E-state index contributed by atoms with van der Waals surface area (Å²) in [5.74, 6) is 1.27. The van der Waals surface area contributed by atoms with Crippen LogP contribution in [0.5, 0.6) is 0 Å². The molecule has 0 amide bonds. The number of nitrogens with two attached hydrogens (primary N) is 1. The van der Waals surface area contributed by atoms with Gasteiger partial charge in [0.15, 0.2) is 5.82 Å². The molecule has 3 rings (SSSR count). The summed E-state index contributed by atoms with van der Waals surface area (Å²) in [6.07, 6.45) is 4.89. The molecule has 0 unspecified atom stereocenters. The maximum absolute atomic E-state index is 5.98. The van der Waals surface area contributed by atoms with Gasteiger partial charge in [0, 0.05) is 17.5 Å². The second kappa shape index (κ2) is 3.80. The van der Waals surface area contributed by atoms with Gasteiger partial charge in [0.2, 0.25) is 0 Å². The number of fused-ring (bicyclic) bond motifs is 1. The zero-order valence-electron chi connectivity index (χ0n) is 9.77. The molecule has 2 aromatic heterocycles.